The second kappa shape index (κ2) is 7.37. The van der Waals surface area contributed by atoms with Crippen LogP contribution in [-0.2, 0) is 11.2 Å². The Kier molecular flexibility index (Phi) is 4.61. The van der Waals surface area contributed by atoms with Gasteiger partial charge in [-0.25, -0.2) is 0 Å². The summed E-state index contributed by atoms with van der Waals surface area (Å²) in [5.41, 5.74) is 1.93. The maximum atomic E-state index is 12.4. The number of hydrogen-bond acceptors (Lipinski definition) is 5. The first-order valence-corrected chi connectivity index (χ1v) is 8.69. The van der Waals surface area contributed by atoms with Crippen LogP contribution in [0, 0.1) is 0 Å². The van der Waals surface area contributed by atoms with E-state index in [-0.39, 0.29) is 12.3 Å². The number of nitrogens with one attached hydrogen (secondary N) is 1. The van der Waals surface area contributed by atoms with Crippen molar-refractivity contribution in [2.75, 3.05) is 11.9 Å². The molecule has 4 rings (SSSR count). The van der Waals surface area contributed by atoms with Crippen molar-refractivity contribution in [3.8, 4) is 17.3 Å². The summed E-state index contributed by atoms with van der Waals surface area (Å²) in [6.45, 7) is 2.42. The number of ether oxygens (including phenoxy) is 1. The average molecular weight is 362 g/mol. The summed E-state index contributed by atoms with van der Waals surface area (Å²) in [7, 11) is 0. The highest BCUT2D eigenvalue weighted by atomic mass is 16.5. The highest BCUT2D eigenvalue weighted by Gasteiger charge is 2.15. The number of carbonyl (C=O) groups excluding carboxylic acids is 1. The minimum Gasteiger partial charge on any atom is -0.492 e. The normalized spacial score (nSPS) is 10.9. The molecule has 2 heterocycles. The molecule has 0 saturated heterocycles. The first kappa shape index (κ1) is 16.9. The third kappa shape index (κ3) is 3.69. The minimum absolute atomic E-state index is 0.0875. The molecule has 0 unspecified atom stereocenters. The number of carbonyl (C=O) groups is 1. The number of furan rings is 1. The predicted octanol–water partition coefficient (Wildman–Crippen LogP) is 4.67. The van der Waals surface area contributed by atoms with Gasteiger partial charge in [0.2, 0.25) is 11.7 Å². The second-order valence-corrected chi connectivity index (χ2v) is 5.99. The Morgan fingerprint density at radius 2 is 1.89 bits per heavy atom. The summed E-state index contributed by atoms with van der Waals surface area (Å²) in [5, 5.41) is 7.80. The molecule has 2 aromatic heterocycles. The average Bonchev–Trinajstić information content (AvgIpc) is 3.30. The molecule has 0 aliphatic heterocycles. The monoisotopic (exact) mass is 362 g/mol. The van der Waals surface area contributed by atoms with Crippen molar-refractivity contribution in [1.82, 2.24) is 5.16 Å². The fourth-order valence-corrected chi connectivity index (χ4v) is 2.82. The van der Waals surface area contributed by atoms with E-state index in [9.17, 15) is 4.79 Å². The van der Waals surface area contributed by atoms with Gasteiger partial charge in [-0.1, -0.05) is 35.5 Å². The maximum absolute atomic E-state index is 12.4. The van der Waals surface area contributed by atoms with Crippen molar-refractivity contribution in [3.63, 3.8) is 0 Å². The molecule has 0 spiro atoms. The van der Waals surface area contributed by atoms with E-state index in [0.717, 1.165) is 11.0 Å². The topological polar surface area (TPSA) is 77.5 Å². The Bertz CT molecular complexity index is 1050. The van der Waals surface area contributed by atoms with Crippen molar-refractivity contribution >= 4 is 22.6 Å². The van der Waals surface area contributed by atoms with Crippen LogP contribution in [-0.4, -0.2) is 17.7 Å². The van der Waals surface area contributed by atoms with E-state index in [1.165, 1.54) is 0 Å². The number of aromatic nitrogens is 1. The van der Waals surface area contributed by atoms with Crippen LogP contribution in [0.15, 0.2) is 69.6 Å². The van der Waals surface area contributed by atoms with Crippen molar-refractivity contribution in [3.05, 3.63) is 66.4 Å². The van der Waals surface area contributed by atoms with Crippen LogP contribution in [0.2, 0.25) is 0 Å². The van der Waals surface area contributed by atoms with Crippen molar-refractivity contribution in [1.29, 1.82) is 0 Å². The van der Waals surface area contributed by atoms with Crippen molar-refractivity contribution in [2.24, 2.45) is 0 Å². The van der Waals surface area contributed by atoms with Crippen LogP contribution < -0.4 is 10.1 Å². The zero-order chi connectivity index (χ0) is 18.6. The number of hydrogen-bond donors (Lipinski definition) is 1. The molecule has 0 aliphatic rings. The third-order valence-electron chi connectivity index (χ3n) is 4.03. The fraction of sp³-hybridized carbons (Fsp3) is 0.143. The second-order valence-electron chi connectivity index (χ2n) is 5.99. The molecule has 1 amide bonds. The molecule has 6 heteroatoms. The molecule has 0 aliphatic carbocycles. The van der Waals surface area contributed by atoms with Gasteiger partial charge in [-0.3, -0.25) is 4.79 Å². The lowest BCUT2D eigenvalue weighted by Gasteiger charge is -2.10. The molecule has 0 fully saturated rings. The van der Waals surface area contributed by atoms with E-state index in [1.807, 2.05) is 55.5 Å². The summed E-state index contributed by atoms with van der Waals surface area (Å²) in [6.07, 6.45) is 0.0875. The standard InChI is InChI=1S/C21H18N2O4/c1-2-25-18-10-6-4-8-16(18)22-21(24)13-15-12-20(27-23-15)19-11-14-7-3-5-9-17(14)26-19/h3-12H,2,13H2,1H3,(H,22,24). The highest BCUT2D eigenvalue weighted by Crippen LogP contribution is 2.28. The third-order valence-corrected chi connectivity index (χ3v) is 4.03. The van der Waals surface area contributed by atoms with Crippen LogP contribution in [0.4, 0.5) is 5.69 Å². The summed E-state index contributed by atoms with van der Waals surface area (Å²) < 4.78 is 16.6. The van der Waals surface area contributed by atoms with E-state index >= 15 is 0 Å². The number of benzene rings is 2. The Labute approximate surface area is 155 Å². The van der Waals surface area contributed by atoms with Gasteiger partial charge < -0.3 is 19.0 Å². The number of amides is 1. The van der Waals surface area contributed by atoms with E-state index < -0.39 is 0 Å². The van der Waals surface area contributed by atoms with Gasteiger partial charge in [-0.05, 0) is 31.2 Å². The Hall–Kier alpha value is -3.54. The predicted molar refractivity (Wildman–Crippen MR) is 102 cm³/mol. The molecular formula is C21H18N2O4. The van der Waals surface area contributed by atoms with Gasteiger partial charge in [-0.2, -0.15) is 0 Å². The summed E-state index contributed by atoms with van der Waals surface area (Å²) in [5.74, 6) is 1.50. The van der Waals surface area contributed by atoms with Crippen molar-refractivity contribution in [2.45, 2.75) is 13.3 Å². The molecule has 2 aromatic carbocycles. The summed E-state index contributed by atoms with van der Waals surface area (Å²) >= 11 is 0. The van der Waals surface area contributed by atoms with Crippen LogP contribution in [0.5, 0.6) is 5.75 Å². The van der Waals surface area contributed by atoms with Gasteiger partial charge >= 0.3 is 0 Å². The molecule has 0 saturated carbocycles. The molecule has 0 atom stereocenters. The Balaban J connectivity index is 1.47. The number of rotatable bonds is 6. The molecule has 136 valence electrons. The summed E-state index contributed by atoms with van der Waals surface area (Å²) in [6, 6.07) is 18.6. The van der Waals surface area contributed by atoms with Gasteiger partial charge in [-0.15, -0.1) is 0 Å². The molecule has 27 heavy (non-hydrogen) atoms. The quantitative estimate of drug-likeness (QED) is 0.539. The maximum Gasteiger partial charge on any atom is 0.230 e. The highest BCUT2D eigenvalue weighted by molar-refractivity contribution is 5.93. The Morgan fingerprint density at radius 1 is 1.07 bits per heavy atom. The lowest BCUT2D eigenvalue weighted by molar-refractivity contribution is -0.115. The number of para-hydroxylation sites is 3. The number of anilines is 1. The lowest BCUT2D eigenvalue weighted by Crippen LogP contribution is -2.15. The summed E-state index contributed by atoms with van der Waals surface area (Å²) in [4.78, 5) is 12.4. The van der Waals surface area contributed by atoms with Crippen LogP contribution in [0.1, 0.15) is 12.6 Å². The lowest BCUT2D eigenvalue weighted by atomic mass is 10.2. The van der Waals surface area contributed by atoms with Gasteiger partial charge in [0.1, 0.15) is 11.3 Å². The van der Waals surface area contributed by atoms with Gasteiger partial charge in [0.25, 0.3) is 0 Å². The first-order valence-electron chi connectivity index (χ1n) is 8.69. The molecular weight excluding hydrogens is 344 g/mol. The van der Waals surface area contributed by atoms with E-state index in [1.54, 1.807) is 12.1 Å². The molecule has 1 N–H and O–H groups in total. The zero-order valence-electron chi connectivity index (χ0n) is 14.8. The van der Waals surface area contributed by atoms with Crippen LogP contribution >= 0.6 is 0 Å². The van der Waals surface area contributed by atoms with Gasteiger partial charge in [0.15, 0.2) is 5.76 Å². The fourth-order valence-electron chi connectivity index (χ4n) is 2.82. The number of fused-ring (bicyclic) bond motifs is 1. The minimum atomic E-state index is -0.202. The van der Waals surface area contributed by atoms with E-state index in [0.29, 0.717) is 35.3 Å². The van der Waals surface area contributed by atoms with E-state index in [2.05, 4.69) is 10.5 Å². The SMILES string of the molecule is CCOc1ccccc1NC(=O)Cc1cc(-c2cc3ccccc3o2)on1. The van der Waals surface area contributed by atoms with Crippen LogP contribution in [0.25, 0.3) is 22.5 Å². The molecule has 4 aromatic rings. The molecule has 6 nitrogen and oxygen atoms in total. The van der Waals surface area contributed by atoms with Crippen LogP contribution in [0.3, 0.4) is 0 Å². The molecule has 0 radical (unpaired) electrons. The molecule has 0 bridgehead atoms. The van der Waals surface area contributed by atoms with E-state index in [4.69, 9.17) is 13.7 Å². The number of nitrogens with zero attached hydrogens (tertiary/aromatic N) is 1. The Morgan fingerprint density at radius 3 is 2.74 bits per heavy atom. The van der Waals surface area contributed by atoms with Gasteiger partial charge in [0, 0.05) is 11.5 Å². The largest absolute Gasteiger partial charge is 0.492 e. The van der Waals surface area contributed by atoms with Crippen molar-refractivity contribution < 1.29 is 18.5 Å². The first-order chi connectivity index (χ1) is 13.2. The zero-order valence-corrected chi connectivity index (χ0v) is 14.8. The smallest absolute Gasteiger partial charge is 0.230 e. The van der Waals surface area contributed by atoms with Gasteiger partial charge in [0.05, 0.1) is 24.4 Å².